The quantitative estimate of drug-likeness (QED) is 0.886. The largest absolute Gasteiger partial charge is 0.480 e. The predicted octanol–water partition coefficient (Wildman–Crippen LogP) is 1.67. The molecule has 1 aliphatic rings. The Hall–Kier alpha value is -2.22. The van der Waals surface area contributed by atoms with Crippen molar-refractivity contribution in [1.82, 2.24) is 4.90 Å². The van der Waals surface area contributed by atoms with Gasteiger partial charge in [-0.3, -0.25) is 0 Å². The fourth-order valence-corrected chi connectivity index (χ4v) is 2.03. The van der Waals surface area contributed by atoms with E-state index in [9.17, 15) is 18.4 Å². The Kier molecular flexibility index (Phi) is 4.08. The monoisotopic (exact) mass is 300 g/mol. The number of carboxylic acids is 1. The SMILES string of the molecule is CC1(OCC(=O)O)CN(C(=O)Nc2cccc(F)c2F)C1. The molecule has 8 heteroatoms. The van der Waals surface area contributed by atoms with Crippen molar-refractivity contribution in [3.8, 4) is 0 Å². The van der Waals surface area contributed by atoms with Crippen LogP contribution in [-0.4, -0.2) is 47.3 Å². The van der Waals surface area contributed by atoms with Crippen molar-refractivity contribution in [3.05, 3.63) is 29.8 Å². The third kappa shape index (κ3) is 3.46. The van der Waals surface area contributed by atoms with E-state index in [0.717, 1.165) is 6.07 Å². The van der Waals surface area contributed by atoms with E-state index in [1.165, 1.54) is 17.0 Å². The first kappa shape index (κ1) is 15.2. The van der Waals surface area contributed by atoms with Crippen LogP contribution in [-0.2, 0) is 9.53 Å². The minimum Gasteiger partial charge on any atom is -0.480 e. The van der Waals surface area contributed by atoms with Gasteiger partial charge in [0, 0.05) is 0 Å². The number of aliphatic carboxylic acids is 1. The van der Waals surface area contributed by atoms with Crippen LogP contribution in [0.5, 0.6) is 0 Å². The third-order valence-electron chi connectivity index (χ3n) is 3.08. The minimum absolute atomic E-state index is 0.170. The highest BCUT2D eigenvalue weighted by Gasteiger charge is 2.43. The predicted molar refractivity (Wildman–Crippen MR) is 68.9 cm³/mol. The van der Waals surface area contributed by atoms with Gasteiger partial charge in [0.05, 0.1) is 18.8 Å². The lowest BCUT2D eigenvalue weighted by Crippen LogP contribution is -2.64. The summed E-state index contributed by atoms with van der Waals surface area (Å²) in [5, 5.41) is 10.8. The van der Waals surface area contributed by atoms with Gasteiger partial charge in [0.25, 0.3) is 0 Å². The molecule has 0 radical (unpaired) electrons. The number of carboxylic acid groups (broad SMARTS) is 1. The molecule has 2 amide bonds. The number of hydrogen-bond acceptors (Lipinski definition) is 3. The van der Waals surface area contributed by atoms with Gasteiger partial charge in [0.15, 0.2) is 11.6 Å². The Morgan fingerprint density at radius 2 is 2.10 bits per heavy atom. The number of nitrogens with one attached hydrogen (secondary N) is 1. The molecular formula is C13H14F2N2O4. The first-order chi connectivity index (χ1) is 9.81. The number of rotatable bonds is 4. The average molecular weight is 300 g/mol. The zero-order chi connectivity index (χ0) is 15.6. The number of urea groups is 1. The molecule has 1 aliphatic heterocycles. The smallest absolute Gasteiger partial charge is 0.329 e. The fourth-order valence-electron chi connectivity index (χ4n) is 2.03. The normalized spacial score (nSPS) is 16.2. The fraction of sp³-hybridized carbons (Fsp3) is 0.385. The van der Waals surface area contributed by atoms with Crippen LogP contribution >= 0.6 is 0 Å². The van der Waals surface area contributed by atoms with Crippen molar-refractivity contribution in [2.45, 2.75) is 12.5 Å². The van der Waals surface area contributed by atoms with Gasteiger partial charge in [0.1, 0.15) is 12.2 Å². The first-order valence-electron chi connectivity index (χ1n) is 6.16. The Labute approximate surface area is 119 Å². The van der Waals surface area contributed by atoms with Crippen LogP contribution in [0.1, 0.15) is 6.92 Å². The highest BCUT2D eigenvalue weighted by atomic mass is 19.2. The molecule has 2 rings (SSSR count). The second kappa shape index (κ2) is 5.65. The van der Waals surface area contributed by atoms with Gasteiger partial charge in [0.2, 0.25) is 0 Å². The molecule has 1 aromatic carbocycles. The van der Waals surface area contributed by atoms with Gasteiger partial charge >= 0.3 is 12.0 Å². The van der Waals surface area contributed by atoms with E-state index >= 15 is 0 Å². The number of anilines is 1. The van der Waals surface area contributed by atoms with Crippen molar-refractivity contribution in [2.75, 3.05) is 25.0 Å². The highest BCUT2D eigenvalue weighted by Crippen LogP contribution is 2.26. The molecule has 0 atom stereocenters. The number of nitrogens with zero attached hydrogens (tertiary/aromatic N) is 1. The van der Waals surface area contributed by atoms with Crippen LogP contribution in [0.3, 0.4) is 0 Å². The van der Waals surface area contributed by atoms with Crippen LogP contribution in [0, 0.1) is 11.6 Å². The summed E-state index contributed by atoms with van der Waals surface area (Å²) in [7, 11) is 0. The molecule has 6 nitrogen and oxygen atoms in total. The van der Waals surface area contributed by atoms with Gasteiger partial charge in [-0.25, -0.2) is 18.4 Å². The Morgan fingerprint density at radius 3 is 2.71 bits per heavy atom. The maximum Gasteiger partial charge on any atom is 0.329 e. The lowest BCUT2D eigenvalue weighted by atomic mass is 9.97. The lowest BCUT2D eigenvalue weighted by Gasteiger charge is -2.46. The number of halogens is 2. The zero-order valence-corrected chi connectivity index (χ0v) is 11.2. The summed E-state index contributed by atoms with van der Waals surface area (Å²) in [5.74, 6) is -3.27. The molecule has 0 unspecified atom stereocenters. The van der Waals surface area contributed by atoms with E-state index in [-0.39, 0.29) is 18.8 Å². The molecule has 0 aromatic heterocycles. The van der Waals surface area contributed by atoms with Gasteiger partial charge in [-0.15, -0.1) is 0 Å². The minimum atomic E-state index is -1.13. The molecule has 21 heavy (non-hydrogen) atoms. The van der Waals surface area contributed by atoms with E-state index in [0.29, 0.717) is 0 Å². The number of benzene rings is 1. The zero-order valence-electron chi connectivity index (χ0n) is 11.2. The second-order valence-electron chi connectivity index (χ2n) is 5.02. The molecule has 2 N–H and O–H groups in total. The summed E-state index contributed by atoms with van der Waals surface area (Å²) in [6.45, 7) is 1.55. The molecular weight excluding hydrogens is 286 g/mol. The van der Waals surface area contributed by atoms with Crippen LogP contribution in [0.25, 0.3) is 0 Å². The number of ether oxygens (including phenoxy) is 1. The summed E-state index contributed by atoms with van der Waals surface area (Å²) in [5.41, 5.74) is -0.990. The van der Waals surface area contributed by atoms with Crippen LogP contribution in [0.15, 0.2) is 18.2 Å². The van der Waals surface area contributed by atoms with Crippen LogP contribution in [0.4, 0.5) is 19.3 Å². The summed E-state index contributed by atoms with van der Waals surface area (Å²) in [6.07, 6.45) is 0. The number of likely N-dealkylation sites (tertiary alicyclic amines) is 1. The molecule has 0 aliphatic carbocycles. The summed E-state index contributed by atoms with van der Waals surface area (Å²) in [4.78, 5) is 23.6. The Morgan fingerprint density at radius 1 is 1.43 bits per heavy atom. The summed E-state index contributed by atoms with van der Waals surface area (Å²) < 4.78 is 31.6. The lowest BCUT2D eigenvalue weighted by molar-refractivity contribution is -0.159. The van der Waals surface area contributed by atoms with Gasteiger partial charge in [-0.1, -0.05) is 6.07 Å². The molecule has 0 spiro atoms. The standard InChI is InChI=1S/C13H14F2N2O4/c1-13(21-5-10(18)19)6-17(7-13)12(20)16-9-4-2-3-8(14)11(9)15/h2-4H,5-7H2,1H3,(H,16,20)(H,18,19). The summed E-state index contributed by atoms with van der Waals surface area (Å²) in [6, 6.07) is 2.88. The topological polar surface area (TPSA) is 78.9 Å². The maximum absolute atomic E-state index is 13.4. The van der Waals surface area contributed by atoms with Crippen molar-refractivity contribution in [1.29, 1.82) is 0 Å². The Bertz CT molecular complexity index is 573. The molecule has 0 saturated carbocycles. The van der Waals surface area contributed by atoms with E-state index < -0.39 is 35.8 Å². The number of carbonyl (C=O) groups is 2. The van der Waals surface area contributed by atoms with E-state index in [1.807, 2.05) is 0 Å². The van der Waals surface area contributed by atoms with Gasteiger partial charge in [-0.05, 0) is 19.1 Å². The average Bonchev–Trinajstić information content (AvgIpc) is 2.38. The van der Waals surface area contributed by atoms with Crippen molar-refractivity contribution < 1.29 is 28.2 Å². The molecule has 1 heterocycles. The molecule has 0 bridgehead atoms. The Balaban J connectivity index is 1.89. The van der Waals surface area contributed by atoms with E-state index in [1.54, 1.807) is 6.92 Å². The van der Waals surface area contributed by atoms with E-state index in [2.05, 4.69) is 5.32 Å². The van der Waals surface area contributed by atoms with Crippen LogP contribution in [0.2, 0.25) is 0 Å². The third-order valence-corrected chi connectivity index (χ3v) is 3.08. The number of amides is 2. The number of carbonyl (C=O) groups excluding carboxylic acids is 1. The first-order valence-corrected chi connectivity index (χ1v) is 6.16. The van der Waals surface area contributed by atoms with Gasteiger partial charge in [-0.2, -0.15) is 0 Å². The van der Waals surface area contributed by atoms with Gasteiger partial charge < -0.3 is 20.1 Å². The summed E-state index contributed by atoms with van der Waals surface area (Å²) >= 11 is 0. The molecule has 1 aromatic rings. The highest BCUT2D eigenvalue weighted by molar-refractivity contribution is 5.90. The van der Waals surface area contributed by atoms with Crippen molar-refractivity contribution in [3.63, 3.8) is 0 Å². The molecule has 1 saturated heterocycles. The van der Waals surface area contributed by atoms with Crippen LogP contribution < -0.4 is 5.32 Å². The van der Waals surface area contributed by atoms with Crippen molar-refractivity contribution in [2.24, 2.45) is 0 Å². The second-order valence-corrected chi connectivity index (χ2v) is 5.02. The maximum atomic E-state index is 13.4. The molecule has 1 fully saturated rings. The molecule has 114 valence electrons. The van der Waals surface area contributed by atoms with E-state index in [4.69, 9.17) is 9.84 Å². The van der Waals surface area contributed by atoms with Crippen molar-refractivity contribution >= 4 is 17.7 Å². The number of hydrogen-bond donors (Lipinski definition) is 2.